The topological polar surface area (TPSA) is 26.0 Å². The Balaban J connectivity index is 2.49. The quantitative estimate of drug-likeness (QED) is 0.658. The fraction of sp³-hybridized carbons (Fsp3) is 0.0769. The Morgan fingerprint density at radius 2 is 1.21 bits per heavy atom. The normalized spacial score (nSPS) is 12.5. The van der Waals surface area contributed by atoms with Crippen LogP contribution >= 0.6 is 0 Å². The van der Waals surface area contributed by atoms with Gasteiger partial charge in [-0.1, -0.05) is 0 Å². The van der Waals surface area contributed by atoms with Crippen LogP contribution in [0, 0.1) is 29.1 Å². The molecule has 2 aromatic rings. The molecule has 1 atom stereocenters. The predicted octanol–water partition coefficient (Wildman–Crippen LogP) is 3.43. The van der Waals surface area contributed by atoms with Crippen LogP contribution in [0.2, 0.25) is 0 Å². The highest BCUT2D eigenvalue weighted by atomic mass is 19.2. The fourth-order valence-corrected chi connectivity index (χ4v) is 1.71. The van der Waals surface area contributed by atoms with Crippen molar-refractivity contribution in [1.82, 2.24) is 0 Å². The van der Waals surface area contributed by atoms with Gasteiger partial charge in [-0.2, -0.15) is 0 Å². The van der Waals surface area contributed by atoms with Gasteiger partial charge in [-0.05, 0) is 23.8 Å². The summed E-state index contributed by atoms with van der Waals surface area (Å²) in [5.74, 6) is -5.53. The highest BCUT2D eigenvalue weighted by molar-refractivity contribution is 5.33. The first kappa shape index (κ1) is 13.5. The number of rotatable bonds is 2. The molecule has 1 nitrogen and oxygen atoms in total. The molecule has 0 heterocycles. The van der Waals surface area contributed by atoms with E-state index in [0.717, 1.165) is 12.1 Å². The maximum Gasteiger partial charge on any atom is 0.161 e. The minimum absolute atomic E-state index is 0.0811. The summed E-state index contributed by atoms with van der Waals surface area (Å²) in [5, 5.41) is 0. The van der Waals surface area contributed by atoms with Crippen molar-refractivity contribution in [3.8, 4) is 0 Å². The smallest absolute Gasteiger partial charge is 0.161 e. The van der Waals surface area contributed by atoms with Gasteiger partial charge < -0.3 is 5.73 Å². The first-order valence-corrected chi connectivity index (χ1v) is 5.24. The van der Waals surface area contributed by atoms with E-state index in [0.29, 0.717) is 18.2 Å². The summed E-state index contributed by atoms with van der Waals surface area (Å²) in [5.41, 5.74) is 5.15. The SMILES string of the molecule is NC(c1cc(F)cc(F)c1)c1cc(F)c(F)cc1F. The van der Waals surface area contributed by atoms with Crippen molar-refractivity contribution in [1.29, 1.82) is 0 Å². The van der Waals surface area contributed by atoms with Crippen LogP contribution in [-0.2, 0) is 0 Å². The molecule has 100 valence electrons. The summed E-state index contributed by atoms with van der Waals surface area (Å²) < 4.78 is 65.4. The second kappa shape index (κ2) is 4.97. The number of nitrogens with two attached hydrogens (primary N) is 1. The highest BCUT2D eigenvalue weighted by Gasteiger charge is 2.18. The van der Waals surface area contributed by atoms with Gasteiger partial charge in [0.1, 0.15) is 17.5 Å². The van der Waals surface area contributed by atoms with E-state index in [1.807, 2.05) is 0 Å². The molecule has 0 aromatic heterocycles. The van der Waals surface area contributed by atoms with Gasteiger partial charge in [0.25, 0.3) is 0 Å². The van der Waals surface area contributed by atoms with Crippen LogP contribution in [-0.4, -0.2) is 0 Å². The second-order valence-electron chi connectivity index (χ2n) is 3.97. The second-order valence-corrected chi connectivity index (χ2v) is 3.97. The molecule has 2 N–H and O–H groups in total. The Hall–Kier alpha value is -1.95. The summed E-state index contributed by atoms with van der Waals surface area (Å²) in [6.45, 7) is 0. The Morgan fingerprint density at radius 3 is 1.79 bits per heavy atom. The van der Waals surface area contributed by atoms with E-state index < -0.39 is 35.1 Å². The average molecular weight is 273 g/mol. The molecule has 0 aliphatic rings. The lowest BCUT2D eigenvalue weighted by atomic mass is 9.98. The summed E-state index contributed by atoms with van der Waals surface area (Å²) in [4.78, 5) is 0. The third-order valence-corrected chi connectivity index (χ3v) is 2.62. The Labute approximate surface area is 105 Å². The molecule has 0 aliphatic heterocycles. The van der Waals surface area contributed by atoms with E-state index in [4.69, 9.17) is 5.73 Å². The summed E-state index contributed by atoms with van der Waals surface area (Å²) >= 11 is 0. The largest absolute Gasteiger partial charge is 0.320 e. The van der Waals surface area contributed by atoms with Gasteiger partial charge >= 0.3 is 0 Å². The first-order chi connectivity index (χ1) is 8.88. The summed E-state index contributed by atoms with van der Waals surface area (Å²) in [6.07, 6.45) is 0. The van der Waals surface area contributed by atoms with Crippen LogP contribution in [0.4, 0.5) is 22.0 Å². The molecule has 0 amide bonds. The van der Waals surface area contributed by atoms with Gasteiger partial charge in [-0.15, -0.1) is 0 Å². The number of halogens is 5. The first-order valence-electron chi connectivity index (χ1n) is 5.24. The van der Waals surface area contributed by atoms with Crippen molar-refractivity contribution in [3.63, 3.8) is 0 Å². The molecule has 6 heteroatoms. The lowest BCUT2D eigenvalue weighted by Gasteiger charge is -2.14. The average Bonchev–Trinajstić information content (AvgIpc) is 2.31. The van der Waals surface area contributed by atoms with Crippen molar-refractivity contribution in [2.24, 2.45) is 5.73 Å². The predicted molar refractivity (Wildman–Crippen MR) is 58.7 cm³/mol. The zero-order valence-electron chi connectivity index (χ0n) is 9.43. The van der Waals surface area contributed by atoms with E-state index in [1.54, 1.807) is 0 Å². The maximum atomic E-state index is 13.5. The van der Waals surface area contributed by atoms with E-state index in [9.17, 15) is 22.0 Å². The van der Waals surface area contributed by atoms with Gasteiger partial charge in [0.15, 0.2) is 11.6 Å². The van der Waals surface area contributed by atoms with Crippen LogP contribution in [0.25, 0.3) is 0 Å². The lowest BCUT2D eigenvalue weighted by Crippen LogP contribution is -2.15. The van der Waals surface area contributed by atoms with Crippen molar-refractivity contribution >= 4 is 0 Å². The van der Waals surface area contributed by atoms with Crippen LogP contribution < -0.4 is 5.73 Å². The van der Waals surface area contributed by atoms with Crippen LogP contribution in [0.15, 0.2) is 30.3 Å². The Morgan fingerprint density at radius 1 is 0.684 bits per heavy atom. The minimum atomic E-state index is -1.36. The minimum Gasteiger partial charge on any atom is -0.320 e. The van der Waals surface area contributed by atoms with Crippen molar-refractivity contribution in [2.75, 3.05) is 0 Å². The van der Waals surface area contributed by atoms with Gasteiger partial charge in [-0.25, -0.2) is 22.0 Å². The Kier molecular flexibility index (Phi) is 3.53. The zero-order chi connectivity index (χ0) is 14.2. The molecule has 2 aromatic carbocycles. The van der Waals surface area contributed by atoms with Gasteiger partial charge in [-0.3, -0.25) is 0 Å². The van der Waals surface area contributed by atoms with Gasteiger partial charge in [0.05, 0.1) is 6.04 Å². The molecule has 0 fully saturated rings. The Bertz CT molecular complexity index is 606. The van der Waals surface area contributed by atoms with E-state index >= 15 is 0 Å². The molecular formula is C13H8F5N. The highest BCUT2D eigenvalue weighted by Crippen LogP contribution is 2.25. The van der Waals surface area contributed by atoms with Gasteiger partial charge in [0, 0.05) is 17.7 Å². The summed E-state index contributed by atoms with van der Waals surface area (Å²) in [6, 6.07) is 2.01. The molecule has 0 spiro atoms. The lowest BCUT2D eigenvalue weighted by molar-refractivity contribution is 0.487. The zero-order valence-corrected chi connectivity index (χ0v) is 9.43. The number of hydrogen-bond donors (Lipinski definition) is 1. The molecule has 0 aliphatic carbocycles. The molecular weight excluding hydrogens is 265 g/mol. The van der Waals surface area contributed by atoms with Crippen LogP contribution in [0.1, 0.15) is 17.2 Å². The van der Waals surface area contributed by atoms with Crippen LogP contribution in [0.3, 0.4) is 0 Å². The van der Waals surface area contributed by atoms with E-state index in [1.165, 1.54) is 0 Å². The molecule has 0 saturated heterocycles. The maximum absolute atomic E-state index is 13.5. The van der Waals surface area contributed by atoms with E-state index in [2.05, 4.69) is 0 Å². The third kappa shape index (κ3) is 2.73. The summed E-state index contributed by atoms with van der Waals surface area (Å²) in [7, 11) is 0. The van der Waals surface area contributed by atoms with Crippen molar-refractivity contribution < 1.29 is 22.0 Å². The third-order valence-electron chi connectivity index (χ3n) is 2.62. The molecule has 19 heavy (non-hydrogen) atoms. The number of hydrogen-bond acceptors (Lipinski definition) is 1. The fourth-order valence-electron chi connectivity index (χ4n) is 1.71. The van der Waals surface area contributed by atoms with Crippen molar-refractivity contribution in [3.05, 3.63) is 70.5 Å². The van der Waals surface area contributed by atoms with Gasteiger partial charge in [0.2, 0.25) is 0 Å². The van der Waals surface area contributed by atoms with Crippen LogP contribution in [0.5, 0.6) is 0 Å². The molecule has 2 rings (SSSR count). The molecule has 0 radical (unpaired) electrons. The number of benzene rings is 2. The van der Waals surface area contributed by atoms with Crippen molar-refractivity contribution in [2.45, 2.75) is 6.04 Å². The van der Waals surface area contributed by atoms with E-state index in [-0.39, 0.29) is 11.1 Å². The standard InChI is InChI=1S/C13H8F5N/c14-7-1-6(2-8(15)3-7)13(19)9-4-11(17)12(18)5-10(9)16/h1-5,13H,19H2. The monoisotopic (exact) mass is 273 g/mol. The molecule has 1 unspecified atom stereocenters. The molecule has 0 bridgehead atoms. The molecule has 0 saturated carbocycles.